The molecule has 18 heavy (non-hydrogen) atoms. The second kappa shape index (κ2) is 4.98. The minimum absolute atomic E-state index is 0.0243. The Morgan fingerprint density at radius 2 is 2.17 bits per heavy atom. The number of hydrogen-bond donors (Lipinski definition) is 2. The maximum absolute atomic E-state index is 12.0. The maximum Gasteiger partial charge on any atom is 0.244 e. The number of nitrogens with one attached hydrogen (secondary N) is 1. The number of carbonyl (C=O) groups is 1. The van der Waals surface area contributed by atoms with Gasteiger partial charge in [-0.15, -0.1) is 0 Å². The first-order valence-corrected chi connectivity index (χ1v) is 6.37. The van der Waals surface area contributed by atoms with E-state index in [-0.39, 0.29) is 18.0 Å². The summed E-state index contributed by atoms with van der Waals surface area (Å²) in [5.74, 6) is 0.0243. The van der Waals surface area contributed by atoms with Crippen LogP contribution in [0.5, 0.6) is 0 Å². The average molecular weight is 247 g/mol. The van der Waals surface area contributed by atoms with Crippen LogP contribution in [-0.2, 0) is 4.79 Å². The average Bonchev–Trinajstić information content (AvgIpc) is 2.28. The predicted octanol–water partition coefficient (Wildman–Crippen LogP) is 0.955. The number of carbonyl (C=O) groups excluding carboxylic acids is 1. The summed E-state index contributed by atoms with van der Waals surface area (Å²) in [4.78, 5) is 14.1. The zero-order valence-electron chi connectivity index (χ0n) is 11.2. The molecule has 2 unspecified atom stereocenters. The molecule has 1 heterocycles. The van der Waals surface area contributed by atoms with E-state index in [1.165, 1.54) is 11.1 Å². The highest BCUT2D eigenvalue weighted by atomic mass is 16.2. The molecule has 1 aliphatic rings. The smallest absolute Gasteiger partial charge is 0.244 e. The number of aryl methyl sites for hydroxylation is 2. The van der Waals surface area contributed by atoms with E-state index in [0.717, 1.165) is 12.2 Å². The van der Waals surface area contributed by atoms with Crippen molar-refractivity contribution in [2.45, 2.75) is 32.9 Å². The molecule has 4 heteroatoms. The van der Waals surface area contributed by atoms with Gasteiger partial charge in [-0.3, -0.25) is 4.79 Å². The van der Waals surface area contributed by atoms with Crippen molar-refractivity contribution in [2.75, 3.05) is 18.0 Å². The van der Waals surface area contributed by atoms with E-state index in [2.05, 4.69) is 42.3 Å². The normalized spacial score (nSPS) is 24.0. The Labute approximate surface area is 108 Å². The summed E-state index contributed by atoms with van der Waals surface area (Å²) < 4.78 is 0. The largest absolute Gasteiger partial charge is 0.356 e. The molecule has 1 aromatic carbocycles. The molecule has 98 valence electrons. The second-order valence-corrected chi connectivity index (χ2v) is 5.10. The lowest BCUT2D eigenvalue weighted by molar-refractivity contribution is -0.123. The SMILES string of the molecule is Cc1ccc(N2CC(C)NC(=O)C2CN)c(C)c1. The molecule has 0 saturated carbocycles. The third kappa shape index (κ3) is 2.34. The van der Waals surface area contributed by atoms with Crippen molar-refractivity contribution >= 4 is 11.6 Å². The summed E-state index contributed by atoms with van der Waals surface area (Å²) in [5, 5.41) is 2.95. The van der Waals surface area contributed by atoms with Crippen molar-refractivity contribution in [1.29, 1.82) is 0 Å². The molecule has 1 amide bonds. The summed E-state index contributed by atoms with van der Waals surface area (Å²) in [6.45, 7) is 7.31. The zero-order valence-corrected chi connectivity index (χ0v) is 11.2. The van der Waals surface area contributed by atoms with Gasteiger partial charge < -0.3 is 16.0 Å². The standard InChI is InChI=1S/C14H21N3O/c1-9-4-5-12(10(2)6-9)17-8-11(3)16-14(18)13(17)7-15/h4-6,11,13H,7-8,15H2,1-3H3,(H,16,18). The quantitative estimate of drug-likeness (QED) is 0.818. The predicted molar refractivity (Wildman–Crippen MR) is 73.7 cm³/mol. The number of amides is 1. The van der Waals surface area contributed by atoms with Crippen LogP contribution < -0.4 is 16.0 Å². The minimum Gasteiger partial charge on any atom is -0.356 e. The third-order valence-electron chi connectivity index (χ3n) is 3.42. The number of piperazine rings is 1. The fourth-order valence-corrected chi connectivity index (χ4v) is 2.58. The summed E-state index contributed by atoms with van der Waals surface area (Å²) in [6.07, 6.45) is 0. The number of nitrogens with two attached hydrogens (primary N) is 1. The Balaban J connectivity index is 2.36. The first-order chi connectivity index (χ1) is 8.52. The van der Waals surface area contributed by atoms with Gasteiger partial charge in [0.1, 0.15) is 6.04 Å². The van der Waals surface area contributed by atoms with Gasteiger partial charge in [0, 0.05) is 24.8 Å². The molecule has 0 aromatic heterocycles. The van der Waals surface area contributed by atoms with Crippen LogP contribution in [0.4, 0.5) is 5.69 Å². The van der Waals surface area contributed by atoms with Crippen LogP contribution in [0, 0.1) is 13.8 Å². The summed E-state index contributed by atoms with van der Waals surface area (Å²) in [7, 11) is 0. The van der Waals surface area contributed by atoms with Gasteiger partial charge in [0.25, 0.3) is 0 Å². The zero-order chi connectivity index (χ0) is 13.3. The molecule has 0 spiro atoms. The third-order valence-corrected chi connectivity index (χ3v) is 3.42. The van der Waals surface area contributed by atoms with Crippen molar-refractivity contribution in [3.8, 4) is 0 Å². The lowest BCUT2D eigenvalue weighted by atomic mass is 10.0. The van der Waals surface area contributed by atoms with Crippen LogP contribution in [0.15, 0.2) is 18.2 Å². The van der Waals surface area contributed by atoms with Gasteiger partial charge in [-0.05, 0) is 32.4 Å². The van der Waals surface area contributed by atoms with Gasteiger partial charge in [-0.2, -0.15) is 0 Å². The van der Waals surface area contributed by atoms with E-state index in [0.29, 0.717) is 6.54 Å². The summed E-state index contributed by atoms with van der Waals surface area (Å²) >= 11 is 0. The lowest BCUT2D eigenvalue weighted by Gasteiger charge is -2.40. The van der Waals surface area contributed by atoms with Crippen molar-refractivity contribution in [3.05, 3.63) is 29.3 Å². The van der Waals surface area contributed by atoms with Gasteiger partial charge >= 0.3 is 0 Å². The van der Waals surface area contributed by atoms with Gasteiger partial charge in [-0.25, -0.2) is 0 Å². The highest BCUT2D eigenvalue weighted by Gasteiger charge is 2.32. The molecular formula is C14H21N3O. The number of anilines is 1. The molecule has 3 N–H and O–H groups in total. The molecule has 0 aliphatic carbocycles. The van der Waals surface area contributed by atoms with Gasteiger partial charge in [0.15, 0.2) is 0 Å². The van der Waals surface area contributed by atoms with Crippen molar-refractivity contribution in [1.82, 2.24) is 5.32 Å². The van der Waals surface area contributed by atoms with Crippen LogP contribution in [0.25, 0.3) is 0 Å². The second-order valence-electron chi connectivity index (χ2n) is 5.10. The van der Waals surface area contributed by atoms with Crippen LogP contribution in [0.1, 0.15) is 18.1 Å². The fraction of sp³-hybridized carbons (Fsp3) is 0.500. The van der Waals surface area contributed by atoms with Crippen LogP contribution in [0.2, 0.25) is 0 Å². The Bertz CT molecular complexity index is 458. The molecular weight excluding hydrogens is 226 g/mol. The molecule has 0 radical (unpaired) electrons. The van der Waals surface area contributed by atoms with Gasteiger partial charge in [-0.1, -0.05) is 17.7 Å². The molecule has 1 fully saturated rings. The summed E-state index contributed by atoms with van der Waals surface area (Å²) in [5.41, 5.74) is 9.28. The lowest BCUT2D eigenvalue weighted by Crippen LogP contribution is -2.61. The van der Waals surface area contributed by atoms with Crippen molar-refractivity contribution in [3.63, 3.8) is 0 Å². The van der Waals surface area contributed by atoms with Crippen LogP contribution in [-0.4, -0.2) is 31.1 Å². The van der Waals surface area contributed by atoms with Crippen LogP contribution >= 0.6 is 0 Å². The van der Waals surface area contributed by atoms with Crippen LogP contribution in [0.3, 0.4) is 0 Å². The monoisotopic (exact) mass is 247 g/mol. The molecule has 1 aliphatic heterocycles. The minimum atomic E-state index is -0.261. The van der Waals surface area contributed by atoms with E-state index in [9.17, 15) is 4.79 Å². The number of benzene rings is 1. The Morgan fingerprint density at radius 3 is 2.78 bits per heavy atom. The van der Waals surface area contributed by atoms with E-state index in [1.54, 1.807) is 0 Å². The van der Waals surface area contributed by atoms with Gasteiger partial charge in [0.2, 0.25) is 5.91 Å². The molecule has 1 saturated heterocycles. The maximum atomic E-state index is 12.0. The molecule has 2 rings (SSSR count). The number of nitrogens with zero attached hydrogens (tertiary/aromatic N) is 1. The van der Waals surface area contributed by atoms with Crippen molar-refractivity contribution in [2.24, 2.45) is 5.73 Å². The van der Waals surface area contributed by atoms with E-state index in [1.807, 2.05) is 6.92 Å². The topological polar surface area (TPSA) is 58.4 Å². The molecule has 4 nitrogen and oxygen atoms in total. The Morgan fingerprint density at radius 1 is 1.44 bits per heavy atom. The highest BCUT2D eigenvalue weighted by Crippen LogP contribution is 2.25. The van der Waals surface area contributed by atoms with E-state index < -0.39 is 0 Å². The Hall–Kier alpha value is -1.55. The first-order valence-electron chi connectivity index (χ1n) is 6.37. The number of rotatable bonds is 2. The Kier molecular flexibility index (Phi) is 3.57. The molecule has 0 bridgehead atoms. The summed E-state index contributed by atoms with van der Waals surface area (Å²) in [6, 6.07) is 6.19. The first kappa shape index (κ1) is 12.9. The number of hydrogen-bond acceptors (Lipinski definition) is 3. The highest BCUT2D eigenvalue weighted by molar-refractivity contribution is 5.87. The van der Waals surface area contributed by atoms with E-state index in [4.69, 9.17) is 5.73 Å². The molecule has 1 aromatic rings. The van der Waals surface area contributed by atoms with E-state index >= 15 is 0 Å². The fourth-order valence-electron chi connectivity index (χ4n) is 2.58. The van der Waals surface area contributed by atoms with Crippen molar-refractivity contribution < 1.29 is 4.79 Å². The molecule has 2 atom stereocenters. The van der Waals surface area contributed by atoms with Gasteiger partial charge in [0.05, 0.1) is 0 Å².